The molecule has 1 saturated heterocycles. The summed E-state index contributed by atoms with van der Waals surface area (Å²) in [5, 5.41) is 3.01. The van der Waals surface area contributed by atoms with Crippen molar-refractivity contribution in [2.75, 3.05) is 19.6 Å². The first-order chi connectivity index (χ1) is 10.1. The van der Waals surface area contributed by atoms with Gasteiger partial charge in [0.1, 0.15) is 0 Å². The van der Waals surface area contributed by atoms with E-state index in [0.717, 1.165) is 31.6 Å². The second-order valence-electron chi connectivity index (χ2n) is 6.28. The van der Waals surface area contributed by atoms with Crippen LogP contribution in [-0.4, -0.2) is 42.5 Å². The van der Waals surface area contributed by atoms with E-state index in [0.29, 0.717) is 18.4 Å². The second kappa shape index (κ2) is 7.57. The number of nitrogens with two attached hydrogens (primary N) is 1. The molecule has 0 spiro atoms. The predicted molar refractivity (Wildman–Crippen MR) is 85.9 cm³/mol. The smallest absolute Gasteiger partial charge is 0.237 e. The van der Waals surface area contributed by atoms with Crippen LogP contribution in [0.25, 0.3) is 0 Å². The van der Waals surface area contributed by atoms with Gasteiger partial charge in [0.05, 0.1) is 6.04 Å². The van der Waals surface area contributed by atoms with E-state index in [1.165, 1.54) is 0 Å². The van der Waals surface area contributed by atoms with Crippen molar-refractivity contribution in [3.8, 4) is 0 Å². The molecule has 1 heterocycles. The molecule has 21 heavy (non-hydrogen) atoms. The van der Waals surface area contributed by atoms with Crippen molar-refractivity contribution in [2.45, 2.75) is 38.8 Å². The Morgan fingerprint density at radius 2 is 2.10 bits per heavy atom. The molecule has 2 rings (SSSR count). The zero-order chi connectivity index (χ0) is 15.2. The van der Waals surface area contributed by atoms with Gasteiger partial charge < -0.3 is 16.0 Å². The summed E-state index contributed by atoms with van der Waals surface area (Å²) in [4.78, 5) is 14.5. The molecule has 0 saturated carbocycles. The van der Waals surface area contributed by atoms with Gasteiger partial charge in [-0.15, -0.1) is 0 Å². The Balaban J connectivity index is 1.72. The number of carbonyl (C=O) groups is 1. The molecule has 4 nitrogen and oxygen atoms in total. The van der Waals surface area contributed by atoms with Gasteiger partial charge in [0.2, 0.25) is 5.91 Å². The Hall–Kier alpha value is -1.39. The first-order valence-electron chi connectivity index (χ1n) is 7.87. The maximum atomic E-state index is 12.1. The summed E-state index contributed by atoms with van der Waals surface area (Å²) in [6.07, 6.45) is 1.75. The molecule has 1 aromatic carbocycles. The Bertz CT molecular complexity index is 447. The third-order valence-electron chi connectivity index (χ3n) is 4.25. The van der Waals surface area contributed by atoms with Crippen LogP contribution in [0.15, 0.2) is 30.3 Å². The third-order valence-corrected chi connectivity index (χ3v) is 4.25. The lowest BCUT2D eigenvalue weighted by atomic mass is 10.1. The minimum absolute atomic E-state index is 0.0400. The molecule has 0 aromatic heterocycles. The average Bonchev–Trinajstić information content (AvgIpc) is 2.95. The van der Waals surface area contributed by atoms with E-state index < -0.39 is 6.04 Å². The van der Waals surface area contributed by atoms with Crippen LogP contribution in [-0.2, 0) is 11.2 Å². The summed E-state index contributed by atoms with van der Waals surface area (Å²) < 4.78 is 0. The molecule has 1 aliphatic heterocycles. The van der Waals surface area contributed by atoms with Gasteiger partial charge in [0, 0.05) is 19.1 Å². The summed E-state index contributed by atoms with van der Waals surface area (Å²) in [6.45, 7) is 7.39. The van der Waals surface area contributed by atoms with Gasteiger partial charge >= 0.3 is 0 Å². The van der Waals surface area contributed by atoms with E-state index in [1.54, 1.807) is 0 Å². The highest BCUT2D eigenvalue weighted by atomic mass is 16.2. The van der Waals surface area contributed by atoms with Crippen LogP contribution < -0.4 is 11.1 Å². The topological polar surface area (TPSA) is 58.4 Å². The van der Waals surface area contributed by atoms with Gasteiger partial charge in [-0.2, -0.15) is 0 Å². The number of likely N-dealkylation sites (tertiary alicyclic amines) is 1. The van der Waals surface area contributed by atoms with Crippen LogP contribution in [0.2, 0.25) is 0 Å². The number of hydrogen-bond acceptors (Lipinski definition) is 3. The fourth-order valence-corrected chi connectivity index (χ4v) is 2.83. The molecular weight excluding hydrogens is 262 g/mol. The van der Waals surface area contributed by atoms with Crippen LogP contribution in [0.4, 0.5) is 0 Å². The second-order valence-corrected chi connectivity index (χ2v) is 6.28. The number of benzene rings is 1. The largest absolute Gasteiger partial charge is 0.354 e. The molecule has 116 valence electrons. The van der Waals surface area contributed by atoms with Crippen LogP contribution in [0.5, 0.6) is 0 Å². The van der Waals surface area contributed by atoms with Gasteiger partial charge in [0.25, 0.3) is 0 Å². The molecule has 1 unspecified atom stereocenters. The van der Waals surface area contributed by atoms with Crippen molar-refractivity contribution >= 4 is 5.91 Å². The Morgan fingerprint density at radius 1 is 1.38 bits per heavy atom. The Labute approximate surface area is 127 Å². The lowest BCUT2D eigenvalue weighted by molar-refractivity contribution is -0.122. The highest BCUT2D eigenvalue weighted by Gasteiger charge is 2.25. The minimum Gasteiger partial charge on any atom is -0.354 e. The molecule has 1 amide bonds. The van der Waals surface area contributed by atoms with Gasteiger partial charge in [-0.3, -0.25) is 4.79 Å². The molecule has 0 aliphatic carbocycles. The fraction of sp³-hybridized carbons (Fsp3) is 0.588. The first kappa shape index (κ1) is 16.0. The quantitative estimate of drug-likeness (QED) is 0.832. The standard InChI is InChI=1S/C17H27N3O/c1-13(2)20-9-8-15(12-20)11-19-17(21)16(18)10-14-6-4-3-5-7-14/h3-7,13,15-16H,8-12,18H2,1-2H3,(H,19,21)/t15?,16-/m1/s1. The van der Waals surface area contributed by atoms with Crippen molar-refractivity contribution in [3.05, 3.63) is 35.9 Å². The number of nitrogens with one attached hydrogen (secondary N) is 1. The number of amides is 1. The van der Waals surface area contributed by atoms with Gasteiger partial charge in [-0.05, 0) is 44.7 Å². The van der Waals surface area contributed by atoms with Crippen molar-refractivity contribution < 1.29 is 4.79 Å². The molecule has 1 fully saturated rings. The van der Waals surface area contributed by atoms with Crippen LogP contribution in [0.3, 0.4) is 0 Å². The third kappa shape index (κ3) is 4.83. The highest BCUT2D eigenvalue weighted by molar-refractivity contribution is 5.81. The number of carbonyl (C=O) groups excluding carboxylic acids is 1. The Morgan fingerprint density at radius 3 is 2.71 bits per heavy atom. The van der Waals surface area contributed by atoms with E-state index in [1.807, 2.05) is 30.3 Å². The summed E-state index contributed by atoms with van der Waals surface area (Å²) >= 11 is 0. The Kier molecular flexibility index (Phi) is 5.76. The number of hydrogen-bond donors (Lipinski definition) is 2. The molecule has 4 heteroatoms. The van der Waals surface area contributed by atoms with Crippen molar-refractivity contribution in [1.29, 1.82) is 0 Å². The van der Waals surface area contributed by atoms with E-state index >= 15 is 0 Å². The molecule has 1 aromatic rings. The first-order valence-corrected chi connectivity index (χ1v) is 7.87. The SMILES string of the molecule is CC(C)N1CCC(CNC(=O)[C@H](N)Cc2ccccc2)C1. The van der Waals surface area contributed by atoms with Crippen molar-refractivity contribution in [2.24, 2.45) is 11.7 Å². The van der Waals surface area contributed by atoms with Gasteiger partial charge in [0.15, 0.2) is 0 Å². The molecule has 1 aliphatic rings. The zero-order valence-electron chi connectivity index (χ0n) is 13.1. The molecule has 2 atom stereocenters. The summed E-state index contributed by atoms with van der Waals surface area (Å²) in [7, 11) is 0. The molecule has 3 N–H and O–H groups in total. The average molecular weight is 289 g/mol. The fourth-order valence-electron chi connectivity index (χ4n) is 2.83. The van der Waals surface area contributed by atoms with E-state index in [2.05, 4.69) is 24.1 Å². The molecule has 0 radical (unpaired) electrons. The minimum atomic E-state index is -0.463. The monoisotopic (exact) mass is 289 g/mol. The maximum Gasteiger partial charge on any atom is 0.237 e. The zero-order valence-corrected chi connectivity index (χ0v) is 13.1. The normalized spacial score (nSPS) is 20.7. The maximum absolute atomic E-state index is 12.1. The summed E-state index contributed by atoms with van der Waals surface area (Å²) in [6, 6.07) is 10.0. The van der Waals surface area contributed by atoms with Crippen LogP contribution >= 0.6 is 0 Å². The van der Waals surface area contributed by atoms with Crippen molar-refractivity contribution in [1.82, 2.24) is 10.2 Å². The molecule has 0 bridgehead atoms. The lowest BCUT2D eigenvalue weighted by Gasteiger charge is -2.20. The van der Waals surface area contributed by atoms with E-state index in [9.17, 15) is 4.79 Å². The van der Waals surface area contributed by atoms with Crippen molar-refractivity contribution in [3.63, 3.8) is 0 Å². The van der Waals surface area contributed by atoms with E-state index in [4.69, 9.17) is 5.73 Å². The number of nitrogens with zero attached hydrogens (tertiary/aromatic N) is 1. The van der Waals surface area contributed by atoms with E-state index in [-0.39, 0.29) is 5.91 Å². The summed E-state index contributed by atoms with van der Waals surface area (Å²) in [5.74, 6) is 0.516. The predicted octanol–water partition coefficient (Wildman–Crippen LogP) is 1.40. The number of rotatable bonds is 6. The van der Waals surface area contributed by atoms with Crippen LogP contribution in [0.1, 0.15) is 25.8 Å². The van der Waals surface area contributed by atoms with Crippen LogP contribution in [0, 0.1) is 5.92 Å². The summed E-state index contributed by atoms with van der Waals surface area (Å²) in [5.41, 5.74) is 7.09. The highest BCUT2D eigenvalue weighted by Crippen LogP contribution is 2.17. The van der Waals surface area contributed by atoms with Gasteiger partial charge in [-0.1, -0.05) is 30.3 Å². The van der Waals surface area contributed by atoms with Gasteiger partial charge in [-0.25, -0.2) is 0 Å². The lowest BCUT2D eigenvalue weighted by Crippen LogP contribution is -2.44. The molecular formula is C17H27N3O.